The largest absolute Gasteiger partial charge is 0.497 e. The summed E-state index contributed by atoms with van der Waals surface area (Å²) >= 11 is 2.23. The number of nitrogens with zero attached hydrogens (tertiary/aromatic N) is 3. The van der Waals surface area contributed by atoms with Crippen LogP contribution in [0.15, 0.2) is 29.4 Å². The van der Waals surface area contributed by atoms with Gasteiger partial charge in [0, 0.05) is 11.6 Å². The number of nitrogens with one attached hydrogen (secondary N) is 2. The van der Waals surface area contributed by atoms with E-state index in [1.165, 1.54) is 11.8 Å². The van der Waals surface area contributed by atoms with Gasteiger partial charge in [-0.1, -0.05) is 31.0 Å². The van der Waals surface area contributed by atoms with Crippen molar-refractivity contribution in [2.45, 2.75) is 82.8 Å². The molecule has 4 rings (SSSR count). The Morgan fingerprint density at radius 3 is 2.33 bits per heavy atom. The van der Waals surface area contributed by atoms with Crippen LogP contribution in [0, 0.1) is 6.92 Å². The van der Waals surface area contributed by atoms with Gasteiger partial charge in [-0.25, -0.2) is 9.59 Å². The van der Waals surface area contributed by atoms with Gasteiger partial charge in [0.15, 0.2) is 11.0 Å². The van der Waals surface area contributed by atoms with Crippen LogP contribution in [0.1, 0.15) is 101 Å². The zero-order chi connectivity index (χ0) is 32.5. The summed E-state index contributed by atoms with van der Waals surface area (Å²) in [4.78, 5) is 51.9. The number of esters is 2. The van der Waals surface area contributed by atoms with Crippen LogP contribution >= 0.6 is 23.1 Å². The second-order valence-corrected chi connectivity index (χ2v) is 12.8. The van der Waals surface area contributed by atoms with Gasteiger partial charge in [-0.15, -0.1) is 21.5 Å². The SMILES string of the molecule is CCOC(=O)c1sc(NC(=O)C(C)Sc2nnc(CNC(=O)c3ccc(OC)cc3)n2C2CCCCC2)c(C(=O)OCC)c1C. The number of methoxy groups -OCH3 is 1. The quantitative estimate of drug-likeness (QED) is 0.177. The van der Waals surface area contributed by atoms with Crippen LogP contribution in [0.3, 0.4) is 0 Å². The van der Waals surface area contributed by atoms with Crippen LogP contribution in [0.2, 0.25) is 0 Å². The van der Waals surface area contributed by atoms with Gasteiger partial charge < -0.3 is 29.4 Å². The van der Waals surface area contributed by atoms with Crippen LogP contribution in [0.5, 0.6) is 5.75 Å². The smallest absolute Gasteiger partial charge is 0.348 e. The third kappa shape index (κ3) is 8.23. The highest BCUT2D eigenvalue weighted by atomic mass is 32.2. The number of aromatic nitrogens is 3. The summed E-state index contributed by atoms with van der Waals surface area (Å²) < 4.78 is 17.6. The fourth-order valence-corrected chi connectivity index (χ4v) is 7.12. The number of carbonyl (C=O) groups is 4. The molecule has 1 aliphatic rings. The van der Waals surface area contributed by atoms with Crippen molar-refractivity contribution in [2.75, 3.05) is 25.6 Å². The molecule has 2 aromatic heterocycles. The van der Waals surface area contributed by atoms with Crippen LogP contribution in [-0.4, -0.2) is 64.1 Å². The molecule has 0 bridgehead atoms. The first-order chi connectivity index (χ1) is 21.7. The molecule has 242 valence electrons. The Bertz CT molecular complexity index is 1510. The molecular formula is C31H39N5O7S2. The zero-order valence-electron chi connectivity index (χ0n) is 26.1. The topological polar surface area (TPSA) is 151 Å². The highest BCUT2D eigenvalue weighted by Crippen LogP contribution is 2.37. The molecule has 3 aromatic rings. The van der Waals surface area contributed by atoms with Crippen LogP contribution in [-0.2, 0) is 20.8 Å². The Kier molecular flexibility index (Phi) is 12.0. The molecule has 0 aliphatic heterocycles. The van der Waals surface area contributed by atoms with Crippen molar-refractivity contribution in [1.29, 1.82) is 0 Å². The number of amides is 2. The van der Waals surface area contributed by atoms with Crippen molar-refractivity contribution >= 4 is 51.9 Å². The number of hydrogen-bond acceptors (Lipinski definition) is 11. The summed E-state index contributed by atoms with van der Waals surface area (Å²) in [7, 11) is 1.57. The maximum atomic E-state index is 13.5. The van der Waals surface area contributed by atoms with E-state index in [0.29, 0.717) is 27.9 Å². The first kappa shape index (κ1) is 34.0. The minimum absolute atomic E-state index is 0.135. The van der Waals surface area contributed by atoms with Crippen molar-refractivity contribution in [3.8, 4) is 5.75 Å². The molecule has 45 heavy (non-hydrogen) atoms. The number of thiophene rings is 1. The molecular weight excluding hydrogens is 619 g/mol. The van der Waals surface area contributed by atoms with Crippen molar-refractivity contribution in [3.05, 3.63) is 51.7 Å². The van der Waals surface area contributed by atoms with Gasteiger partial charge in [-0.05, 0) is 70.4 Å². The molecule has 12 nitrogen and oxygen atoms in total. The van der Waals surface area contributed by atoms with Crippen molar-refractivity contribution in [1.82, 2.24) is 20.1 Å². The molecule has 0 radical (unpaired) electrons. The molecule has 2 amide bonds. The van der Waals surface area contributed by atoms with E-state index in [4.69, 9.17) is 14.2 Å². The normalized spacial score (nSPS) is 14.0. The van der Waals surface area contributed by atoms with Gasteiger partial charge in [0.05, 0.1) is 37.7 Å². The van der Waals surface area contributed by atoms with E-state index in [1.807, 2.05) is 4.57 Å². The lowest BCUT2D eigenvalue weighted by Gasteiger charge is -2.26. The average Bonchev–Trinajstić information content (AvgIpc) is 3.60. The van der Waals surface area contributed by atoms with E-state index in [-0.39, 0.29) is 53.1 Å². The van der Waals surface area contributed by atoms with Gasteiger partial charge in [-0.2, -0.15) is 0 Å². The number of rotatable bonds is 13. The molecule has 0 saturated heterocycles. The lowest BCUT2D eigenvalue weighted by atomic mass is 9.95. The van der Waals surface area contributed by atoms with Crippen molar-refractivity contribution in [2.24, 2.45) is 0 Å². The first-order valence-corrected chi connectivity index (χ1v) is 16.7. The summed E-state index contributed by atoms with van der Waals surface area (Å²) in [5, 5.41) is 14.7. The molecule has 14 heteroatoms. The average molecular weight is 658 g/mol. The maximum Gasteiger partial charge on any atom is 0.348 e. The first-order valence-electron chi connectivity index (χ1n) is 15.0. The summed E-state index contributed by atoms with van der Waals surface area (Å²) in [6.45, 7) is 7.23. The van der Waals surface area contributed by atoms with Crippen LogP contribution in [0.4, 0.5) is 5.00 Å². The number of hydrogen-bond donors (Lipinski definition) is 2. The van der Waals surface area contributed by atoms with E-state index in [9.17, 15) is 19.2 Å². The number of thioether (sulfide) groups is 1. The van der Waals surface area contributed by atoms with E-state index in [2.05, 4.69) is 20.8 Å². The number of benzene rings is 1. The fraction of sp³-hybridized carbons (Fsp3) is 0.484. The molecule has 1 fully saturated rings. The molecule has 1 atom stereocenters. The molecule has 2 N–H and O–H groups in total. The van der Waals surface area contributed by atoms with Gasteiger partial charge in [0.1, 0.15) is 15.6 Å². The van der Waals surface area contributed by atoms with Crippen molar-refractivity contribution in [3.63, 3.8) is 0 Å². The highest BCUT2D eigenvalue weighted by Gasteiger charge is 2.30. The Labute approximate surface area is 270 Å². The minimum Gasteiger partial charge on any atom is -0.497 e. The Morgan fingerprint density at radius 1 is 1.02 bits per heavy atom. The number of anilines is 1. The molecule has 1 saturated carbocycles. The van der Waals surface area contributed by atoms with Gasteiger partial charge in [0.2, 0.25) is 5.91 Å². The summed E-state index contributed by atoms with van der Waals surface area (Å²) in [6, 6.07) is 6.98. The number of carbonyl (C=O) groups excluding carboxylic acids is 4. The molecule has 1 unspecified atom stereocenters. The van der Waals surface area contributed by atoms with Gasteiger partial charge in [0.25, 0.3) is 5.91 Å². The summed E-state index contributed by atoms with van der Waals surface area (Å²) in [5.74, 6) is -0.555. The Morgan fingerprint density at radius 2 is 1.69 bits per heavy atom. The third-order valence-corrected chi connectivity index (χ3v) is 9.65. The maximum absolute atomic E-state index is 13.5. The van der Waals surface area contributed by atoms with Crippen LogP contribution in [0.25, 0.3) is 0 Å². The number of ether oxygens (including phenoxy) is 3. The second-order valence-electron chi connectivity index (χ2n) is 10.4. The van der Waals surface area contributed by atoms with E-state index in [0.717, 1.165) is 43.4 Å². The predicted octanol–water partition coefficient (Wildman–Crippen LogP) is 5.56. The summed E-state index contributed by atoms with van der Waals surface area (Å²) in [6.07, 6.45) is 5.18. The van der Waals surface area contributed by atoms with E-state index in [1.54, 1.807) is 59.1 Å². The lowest BCUT2D eigenvalue weighted by molar-refractivity contribution is -0.115. The van der Waals surface area contributed by atoms with E-state index < -0.39 is 17.2 Å². The third-order valence-electron chi connectivity index (χ3n) is 7.41. The summed E-state index contributed by atoms with van der Waals surface area (Å²) in [5.41, 5.74) is 1.03. The standard InChI is InChI=1S/C31H39N5O7S2/c1-6-42-29(39)24-18(3)25(30(40)43-7-2)45-28(24)33-26(37)19(4)44-31-35-34-23(36(31)21-11-9-8-10-12-21)17-32-27(38)20-13-15-22(41-5)16-14-20/h13-16,19,21H,6-12,17H2,1-5H3,(H,32,38)(H,33,37). The van der Waals surface area contributed by atoms with Crippen LogP contribution < -0.4 is 15.4 Å². The van der Waals surface area contributed by atoms with Gasteiger partial charge >= 0.3 is 11.9 Å². The zero-order valence-corrected chi connectivity index (χ0v) is 27.8. The Balaban J connectivity index is 1.52. The monoisotopic (exact) mass is 657 g/mol. The molecule has 1 aromatic carbocycles. The minimum atomic E-state index is -0.637. The Hall–Kier alpha value is -3.91. The molecule has 0 spiro atoms. The second kappa shape index (κ2) is 15.9. The highest BCUT2D eigenvalue weighted by molar-refractivity contribution is 8.00. The predicted molar refractivity (Wildman–Crippen MR) is 171 cm³/mol. The van der Waals surface area contributed by atoms with Gasteiger partial charge in [-0.3, -0.25) is 9.59 Å². The molecule has 1 aliphatic carbocycles. The van der Waals surface area contributed by atoms with E-state index >= 15 is 0 Å². The van der Waals surface area contributed by atoms with Crippen molar-refractivity contribution < 1.29 is 33.4 Å². The molecule has 2 heterocycles. The lowest BCUT2D eigenvalue weighted by Crippen LogP contribution is -2.27. The fourth-order valence-electron chi connectivity index (χ4n) is 5.09.